The Morgan fingerprint density at radius 3 is 2.62 bits per heavy atom. The van der Waals surface area contributed by atoms with Crippen LogP contribution in [0.3, 0.4) is 0 Å². The van der Waals surface area contributed by atoms with E-state index in [0.29, 0.717) is 17.5 Å². The van der Waals surface area contributed by atoms with Gasteiger partial charge in [-0.1, -0.05) is 48.5 Å². The van der Waals surface area contributed by atoms with E-state index in [1.807, 2.05) is 61.5 Å². The van der Waals surface area contributed by atoms with E-state index in [1.54, 1.807) is 12.3 Å². The number of fused-ring (bicyclic) bond motifs is 1. The average Bonchev–Trinajstić information content (AvgIpc) is 2.61. The van der Waals surface area contributed by atoms with Gasteiger partial charge in [-0.05, 0) is 31.0 Å². The van der Waals surface area contributed by atoms with E-state index in [9.17, 15) is 9.90 Å². The van der Waals surface area contributed by atoms with Crippen LogP contribution in [0.1, 0.15) is 35.4 Å². The van der Waals surface area contributed by atoms with E-state index in [4.69, 9.17) is 0 Å². The van der Waals surface area contributed by atoms with Gasteiger partial charge in [0.1, 0.15) is 0 Å². The molecule has 0 saturated heterocycles. The predicted octanol–water partition coefficient (Wildman–Crippen LogP) is 3.48. The lowest BCUT2D eigenvalue weighted by molar-refractivity contribution is 0.0918. The van der Waals surface area contributed by atoms with Crippen LogP contribution < -0.4 is 5.32 Å². The number of hydrogen-bond donors (Lipinski definition) is 2. The van der Waals surface area contributed by atoms with Gasteiger partial charge in [0.15, 0.2) is 0 Å². The van der Waals surface area contributed by atoms with Crippen LogP contribution >= 0.6 is 0 Å². The van der Waals surface area contributed by atoms with E-state index in [-0.39, 0.29) is 11.9 Å². The molecule has 24 heavy (non-hydrogen) atoms. The van der Waals surface area contributed by atoms with E-state index in [0.717, 1.165) is 10.9 Å². The highest BCUT2D eigenvalue weighted by molar-refractivity contribution is 6.05. The number of aliphatic hydroxyl groups is 1. The third-order valence-electron chi connectivity index (χ3n) is 4.02. The number of amides is 1. The van der Waals surface area contributed by atoms with Gasteiger partial charge in [-0.15, -0.1) is 0 Å². The molecule has 0 saturated carbocycles. The summed E-state index contributed by atoms with van der Waals surface area (Å²) in [4.78, 5) is 16.9. The highest BCUT2D eigenvalue weighted by atomic mass is 16.3. The van der Waals surface area contributed by atoms with Gasteiger partial charge >= 0.3 is 0 Å². The van der Waals surface area contributed by atoms with Crippen LogP contribution in [-0.4, -0.2) is 22.0 Å². The molecule has 1 amide bonds. The average molecular weight is 320 g/mol. The molecule has 0 radical (unpaired) electrons. The molecule has 1 aromatic heterocycles. The van der Waals surface area contributed by atoms with E-state index < -0.39 is 6.10 Å². The first-order valence-electron chi connectivity index (χ1n) is 8.03. The van der Waals surface area contributed by atoms with Crippen LogP contribution in [0.15, 0.2) is 66.9 Å². The van der Waals surface area contributed by atoms with Crippen molar-refractivity contribution >= 4 is 16.8 Å². The Labute approximate surface area is 141 Å². The highest BCUT2D eigenvalue weighted by Gasteiger charge is 2.17. The molecular weight excluding hydrogens is 300 g/mol. The molecular formula is C20H20N2O2. The summed E-state index contributed by atoms with van der Waals surface area (Å²) in [6.07, 6.45) is 1.53. The predicted molar refractivity (Wildman–Crippen MR) is 94.7 cm³/mol. The molecule has 0 unspecified atom stereocenters. The summed E-state index contributed by atoms with van der Waals surface area (Å²) in [6.45, 7) is 1.89. The topological polar surface area (TPSA) is 62.2 Å². The van der Waals surface area contributed by atoms with Gasteiger partial charge in [0.2, 0.25) is 0 Å². The first-order chi connectivity index (χ1) is 11.6. The zero-order valence-corrected chi connectivity index (χ0v) is 13.5. The van der Waals surface area contributed by atoms with Crippen molar-refractivity contribution in [2.24, 2.45) is 0 Å². The van der Waals surface area contributed by atoms with Gasteiger partial charge < -0.3 is 10.4 Å². The minimum absolute atomic E-state index is 0.160. The van der Waals surface area contributed by atoms with Crippen molar-refractivity contribution in [2.75, 3.05) is 0 Å². The summed E-state index contributed by atoms with van der Waals surface area (Å²) in [5.41, 5.74) is 2.09. The number of nitrogens with one attached hydrogen (secondary N) is 1. The van der Waals surface area contributed by atoms with Crippen molar-refractivity contribution in [3.05, 3.63) is 78.0 Å². The van der Waals surface area contributed by atoms with Crippen molar-refractivity contribution in [1.82, 2.24) is 10.3 Å². The molecule has 0 fully saturated rings. The number of hydrogen-bond acceptors (Lipinski definition) is 3. The summed E-state index contributed by atoms with van der Waals surface area (Å²) in [6, 6.07) is 18.6. The number of pyridine rings is 1. The largest absolute Gasteiger partial charge is 0.388 e. The summed E-state index contributed by atoms with van der Waals surface area (Å²) >= 11 is 0. The Morgan fingerprint density at radius 1 is 1.08 bits per heavy atom. The molecule has 3 rings (SSSR count). The molecule has 2 atom stereocenters. The van der Waals surface area contributed by atoms with Gasteiger partial charge in [0.05, 0.1) is 17.2 Å². The van der Waals surface area contributed by atoms with Crippen LogP contribution in [0.25, 0.3) is 10.9 Å². The maximum atomic E-state index is 12.6. The molecule has 122 valence electrons. The molecule has 4 heteroatoms. The maximum absolute atomic E-state index is 12.6. The minimum Gasteiger partial charge on any atom is -0.388 e. The molecule has 0 aliphatic heterocycles. The van der Waals surface area contributed by atoms with Gasteiger partial charge in [0.25, 0.3) is 5.91 Å². The quantitative estimate of drug-likeness (QED) is 0.756. The van der Waals surface area contributed by atoms with Crippen molar-refractivity contribution in [1.29, 1.82) is 0 Å². The molecule has 1 heterocycles. The lowest BCUT2D eigenvalue weighted by Crippen LogP contribution is -2.34. The third kappa shape index (κ3) is 3.60. The lowest BCUT2D eigenvalue weighted by atomic mass is 10.0. The molecule has 0 spiro atoms. The van der Waals surface area contributed by atoms with Crippen molar-refractivity contribution in [3.63, 3.8) is 0 Å². The molecule has 3 aromatic rings. The number of nitrogens with zero attached hydrogens (tertiary/aromatic N) is 1. The number of carbonyl (C=O) groups is 1. The normalized spacial score (nSPS) is 13.4. The second-order valence-corrected chi connectivity index (χ2v) is 5.92. The Bertz CT molecular complexity index is 828. The van der Waals surface area contributed by atoms with E-state index in [1.165, 1.54) is 0 Å². The Kier molecular flexibility index (Phi) is 4.87. The molecule has 0 bridgehead atoms. The van der Waals surface area contributed by atoms with Crippen molar-refractivity contribution in [2.45, 2.75) is 25.5 Å². The first-order valence-corrected chi connectivity index (χ1v) is 8.03. The summed E-state index contributed by atoms with van der Waals surface area (Å²) < 4.78 is 0. The van der Waals surface area contributed by atoms with Gasteiger partial charge in [-0.25, -0.2) is 0 Å². The van der Waals surface area contributed by atoms with Crippen molar-refractivity contribution in [3.8, 4) is 0 Å². The SMILES string of the molecule is C[C@H](C[C@@H](O)c1ccccc1)NC(=O)c1cccc2cccnc12. The lowest BCUT2D eigenvalue weighted by Gasteiger charge is -2.18. The number of aliphatic hydroxyl groups excluding tert-OH is 1. The third-order valence-corrected chi connectivity index (χ3v) is 4.02. The summed E-state index contributed by atoms with van der Waals surface area (Å²) in [7, 11) is 0. The monoisotopic (exact) mass is 320 g/mol. The van der Waals surface area contributed by atoms with Crippen LogP contribution in [0.5, 0.6) is 0 Å². The number of para-hydroxylation sites is 1. The minimum atomic E-state index is -0.604. The van der Waals surface area contributed by atoms with Crippen LogP contribution in [0, 0.1) is 0 Å². The fourth-order valence-electron chi connectivity index (χ4n) is 2.79. The van der Waals surface area contributed by atoms with Gasteiger partial charge in [-0.3, -0.25) is 9.78 Å². The summed E-state index contributed by atoms with van der Waals surface area (Å²) in [5, 5.41) is 14.2. The Balaban J connectivity index is 1.70. The smallest absolute Gasteiger partial charge is 0.253 e. The molecule has 2 aromatic carbocycles. The number of benzene rings is 2. The fourth-order valence-corrected chi connectivity index (χ4v) is 2.79. The van der Waals surface area contributed by atoms with E-state index >= 15 is 0 Å². The number of aromatic nitrogens is 1. The zero-order chi connectivity index (χ0) is 16.9. The van der Waals surface area contributed by atoms with Crippen LogP contribution in [0.2, 0.25) is 0 Å². The first kappa shape index (κ1) is 16.1. The Morgan fingerprint density at radius 2 is 1.83 bits per heavy atom. The maximum Gasteiger partial charge on any atom is 0.253 e. The van der Waals surface area contributed by atoms with E-state index in [2.05, 4.69) is 10.3 Å². The second-order valence-electron chi connectivity index (χ2n) is 5.92. The fraction of sp³-hybridized carbons (Fsp3) is 0.200. The zero-order valence-electron chi connectivity index (χ0n) is 13.5. The number of carbonyl (C=O) groups excluding carboxylic acids is 1. The molecule has 0 aliphatic rings. The standard InChI is InChI=1S/C20H20N2O2/c1-14(13-18(23)15-7-3-2-4-8-15)22-20(24)17-11-5-9-16-10-6-12-21-19(16)17/h2-12,14,18,23H,13H2,1H3,(H,22,24)/t14-,18-/m1/s1. The molecule has 0 aliphatic carbocycles. The molecule has 4 nitrogen and oxygen atoms in total. The molecule has 2 N–H and O–H groups in total. The Hall–Kier alpha value is -2.72. The van der Waals surface area contributed by atoms with Crippen molar-refractivity contribution < 1.29 is 9.90 Å². The second kappa shape index (κ2) is 7.23. The van der Waals surface area contributed by atoms with Crippen LogP contribution in [-0.2, 0) is 0 Å². The summed E-state index contributed by atoms with van der Waals surface area (Å²) in [5.74, 6) is -0.174. The number of rotatable bonds is 5. The van der Waals surface area contributed by atoms with Crippen LogP contribution in [0.4, 0.5) is 0 Å². The van der Waals surface area contributed by atoms with Gasteiger partial charge in [0, 0.05) is 17.6 Å². The van der Waals surface area contributed by atoms with Gasteiger partial charge in [-0.2, -0.15) is 0 Å². The highest BCUT2D eigenvalue weighted by Crippen LogP contribution is 2.19.